The lowest BCUT2D eigenvalue weighted by Gasteiger charge is -2.29. The van der Waals surface area contributed by atoms with Gasteiger partial charge in [-0.15, -0.1) is 0 Å². The second kappa shape index (κ2) is 11.5. The first-order valence-electron chi connectivity index (χ1n) is 10.8. The second-order valence-electron chi connectivity index (χ2n) is 7.93. The number of nitrogens with one attached hydrogen (secondary N) is 2. The Morgan fingerprint density at radius 3 is 1.29 bits per heavy atom. The summed E-state index contributed by atoms with van der Waals surface area (Å²) in [5, 5.41) is 27.2. The van der Waals surface area contributed by atoms with Crippen LogP contribution in [0, 0.1) is 20.2 Å². The van der Waals surface area contributed by atoms with Crippen molar-refractivity contribution in [3.63, 3.8) is 0 Å². The maximum atomic E-state index is 12.2. The molecule has 1 aliphatic rings. The predicted octanol–water partition coefficient (Wildman–Crippen LogP) is 3.77. The SMILES string of the molecule is O=C(C=Cc1ccc([N+](=O)[O-])cc1)NC1CCC(NC(=O)C=Cc2ccc([N+](=O)[O-])cc2)CC1. The minimum atomic E-state index is -0.478. The molecule has 0 spiro atoms. The molecule has 2 aromatic rings. The fraction of sp³-hybridized carbons (Fsp3) is 0.250. The molecule has 2 amide bonds. The van der Waals surface area contributed by atoms with Crippen molar-refractivity contribution in [2.75, 3.05) is 0 Å². The molecule has 2 N–H and O–H groups in total. The molecule has 2 aromatic carbocycles. The van der Waals surface area contributed by atoms with Gasteiger partial charge in [0.2, 0.25) is 11.8 Å². The molecular weight excluding hydrogens is 440 g/mol. The van der Waals surface area contributed by atoms with Crippen LogP contribution in [0.4, 0.5) is 11.4 Å². The van der Waals surface area contributed by atoms with Crippen LogP contribution in [0.2, 0.25) is 0 Å². The number of hydrogen-bond acceptors (Lipinski definition) is 6. The molecule has 3 rings (SSSR count). The fourth-order valence-electron chi connectivity index (χ4n) is 3.64. The quantitative estimate of drug-likeness (QED) is 0.346. The Morgan fingerprint density at radius 1 is 0.676 bits per heavy atom. The molecule has 0 radical (unpaired) electrons. The number of carbonyl (C=O) groups excluding carboxylic acids is 2. The van der Waals surface area contributed by atoms with Crippen molar-refractivity contribution in [1.82, 2.24) is 10.6 Å². The van der Waals surface area contributed by atoms with Crippen molar-refractivity contribution in [1.29, 1.82) is 0 Å². The van der Waals surface area contributed by atoms with Crippen LogP contribution >= 0.6 is 0 Å². The van der Waals surface area contributed by atoms with Gasteiger partial charge in [0, 0.05) is 48.5 Å². The Labute approximate surface area is 195 Å². The number of benzene rings is 2. The zero-order valence-electron chi connectivity index (χ0n) is 18.3. The standard InChI is InChI=1S/C24H24N4O6/c29-23(15-5-17-1-11-21(12-2-17)27(31)32)25-19-7-9-20(10-8-19)26-24(30)16-6-18-3-13-22(14-4-18)28(33)34/h1-6,11-16,19-20H,7-10H2,(H,25,29)(H,26,30). The van der Waals surface area contributed by atoms with Crippen LogP contribution in [0.1, 0.15) is 36.8 Å². The van der Waals surface area contributed by atoms with Gasteiger partial charge in [-0.25, -0.2) is 0 Å². The van der Waals surface area contributed by atoms with E-state index in [0.717, 1.165) is 25.7 Å². The highest BCUT2D eigenvalue weighted by molar-refractivity contribution is 5.92. The first kappa shape index (κ1) is 24.3. The number of rotatable bonds is 8. The van der Waals surface area contributed by atoms with Crippen molar-refractivity contribution in [3.05, 3.63) is 92.0 Å². The summed E-state index contributed by atoms with van der Waals surface area (Å²) in [5.41, 5.74) is 1.36. The van der Waals surface area contributed by atoms with E-state index in [2.05, 4.69) is 10.6 Å². The summed E-state index contributed by atoms with van der Waals surface area (Å²) in [6, 6.07) is 11.9. The van der Waals surface area contributed by atoms with Gasteiger partial charge in [0.25, 0.3) is 11.4 Å². The van der Waals surface area contributed by atoms with E-state index in [1.807, 2.05) is 0 Å². The maximum absolute atomic E-state index is 12.2. The molecule has 176 valence electrons. The zero-order chi connectivity index (χ0) is 24.5. The first-order chi connectivity index (χ1) is 16.3. The number of nitro benzene ring substituents is 2. The first-order valence-corrected chi connectivity index (χ1v) is 10.8. The van der Waals surface area contributed by atoms with Gasteiger partial charge in [0.15, 0.2) is 0 Å². The van der Waals surface area contributed by atoms with E-state index in [-0.39, 0.29) is 35.3 Å². The van der Waals surface area contributed by atoms with E-state index in [1.165, 1.54) is 36.4 Å². The summed E-state index contributed by atoms with van der Waals surface area (Å²) in [6.07, 6.45) is 8.92. The van der Waals surface area contributed by atoms with Crippen molar-refractivity contribution < 1.29 is 19.4 Å². The van der Waals surface area contributed by atoms with Crippen LogP contribution in [0.15, 0.2) is 60.7 Å². The van der Waals surface area contributed by atoms with Gasteiger partial charge >= 0.3 is 0 Å². The average molecular weight is 464 g/mol. The van der Waals surface area contributed by atoms with Gasteiger partial charge in [-0.05, 0) is 73.2 Å². The predicted molar refractivity (Wildman–Crippen MR) is 127 cm³/mol. The summed E-state index contributed by atoms with van der Waals surface area (Å²) in [7, 11) is 0. The van der Waals surface area contributed by atoms with Crippen LogP contribution < -0.4 is 10.6 Å². The number of hydrogen-bond donors (Lipinski definition) is 2. The molecule has 0 saturated heterocycles. The summed E-state index contributed by atoms with van der Waals surface area (Å²) in [6.45, 7) is 0. The largest absolute Gasteiger partial charge is 0.350 e. The van der Waals surface area contributed by atoms with Gasteiger partial charge in [0.05, 0.1) is 9.85 Å². The number of non-ortho nitro benzene ring substituents is 2. The van der Waals surface area contributed by atoms with E-state index in [1.54, 1.807) is 36.4 Å². The van der Waals surface area contributed by atoms with Crippen LogP contribution in [-0.2, 0) is 9.59 Å². The van der Waals surface area contributed by atoms with Crippen LogP contribution in [-0.4, -0.2) is 33.7 Å². The normalized spacial score (nSPS) is 18.0. The molecule has 0 aromatic heterocycles. The lowest BCUT2D eigenvalue weighted by molar-refractivity contribution is -0.385. The Kier molecular flexibility index (Phi) is 8.22. The van der Waals surface area contributed by atoms with Crippen molar-refractivity contribution in [3.8, 4) is 0 Å². The maximum Gasteiger partial charge on any atom is 0.269 e. The van der Waals surface area contributed by atoms with Crippen molar-refractivity contribution >= 4 is 35.3 Å². The van der Waals surface area contributed by atoms with E-state index in [0.29, 0.717) is 11.1 Å². The monoisotopic (exact) mass is 464 g/mol. The highest BCUT2D eigenvalue weighted by atomic mass is 16.6. The second-order valence-corrected chi connectivity index (χ2v) is 7.93. The number of carbonyl (C=O) groups is 2. The van der Waals surface area contributed by atoms with Crippen molar-refractivity contribution in [2.45, 2.75) is 37.8 Å². The molecular formula is C24H24N4O6. The fourth-order valence-corrected chi connectivity index (χ4v) is 3.64. The topological polar surface area (TPSA) is 144 Å². The molecule has 0 aliphatic heterocycles. The van der Waals surface area contributed by atoms with Crippen LogP contribution in [0.3, 0.4) is 0 Å². The molecule has 0 heterocycles. The third-order valence-electron chi connectivity index (χ3n) is 5.48. The van der Waals surface area contributed by atoms with Crippen molar-refractivity contribution in [2.24, 2.45) is 0 Å². The summed E-state index contributed by atoms with van der Waals surface area (Å²) in [5.74, 6) is -0.478. The smallest absolute Gasteiger partial charge is 0.269 e. The van der Waals surface area contributed by atoms with E-state index >= 15 is 0 Å². The number of nitro groups is 2. The minimum absolute atomic E-state index is 0.00714. The van der Waals surface area contributed by atoms with Crippen LogP contribution in [0.5, 0.6) is 0 Å². The van der Waals surface area contributed by atoms with Gasteiger partial charge in [-0.3, -0.25) is 29.8 Å². The van der Waals surface area contributed by atoms with Gasteiger partial charge in [-0.2, -0.15) is 0 Å². The Hall–Kier alpha value is -4.34. The minimum Gasteiger partial charge on any atom is -0.350 e. The van der Waals surface area contributed by atoms with Gasteiger partial charge in [-0.1, -0.05) is 0 Å². The molecule has 1 aliphatic carbocycles. The summed E-state index contributed by atoms with van der Waals surface area (Å²) in [4.78, 5) is 44.8. The summed E-state index contributed by atoms with van der Waals surface area (Å²) >= 11 is 0. The average Bonchev–Trinajstić information content (AvgIpc) is 2.83. The number of nitrogens with zero attached hydrogens (tertiary/aromatic N) is 2. The lowest BCUT2D eigenvalue weighted by atomic mass is 9.91. The highest BCUT2D eigenvalue weighted by Gasteiger charge is 2.22. The Balaban J connectivity index is 1.39. The van der Waals surface area contributed by atoms with Gasteiger partial charge < -0.3 is 10.6 Å². The summed E-state index contributed by atoms with van der Waals surface area (Å²) < 4.78 is 0. The molecule has 0 unspecified atom stereocenters. The zero-order valence-corrected chi connectivity index (χ0v) is 18.3. The third-order valence-corrected chi connectivity index (χ3v) is 5.48. The highest BCUT2D eigenvalue weighted by Crippen LogP contribution is 2.19. The Bertz CT molecular complexity index is 1010. The molecule has 34 heavy (non-hydrogen) atoms. The van der Waals surface area contributed by atoms with Crippen LogP contribution in [0.25, 0.3) is 12.2 Å². The van der Waals surface area contributed by atoms with E-state index < -0.39 is 9.85 Å². The molecule has 10 nitrogen and oxygen atoms in total. The van der Waals surface area contributed by atoms with Gasteiger partial charge in [0.1, 0.15) is 0 Å². The molecule has 1 fully saturated rings. The van der Waals surface area contributed by atoms with E-state index in [9.17, 15) is 29.8 Å². The number of amides is 2. The Morgan fingerprint density at radius 2 is 1.00 bits per heavy atom. The molecule has 1 saturated carbocycles. The third kappa shape index (κ3) is 7.37. The van der Waals surface area contributed by atoms with E-state index in [4.69, 9.17) is 0 Å². The molecule has 10 heteroatoms. The molecule has 0 atom stereocenters. The lowest BCUT2D eigenvalue weighted by Crippen LogP contribution is -2.43. The molecule has 0 bridgehead atoms.